The highest BCUT2D eigenvalue weighted by Crippen LogP contribution is 2.43. The average molecular weight is 305 g/mol. The van der Waals surface area contributed by atoms with Crippen LogP contribution in [0.2, 0.25) is 0 Å². The molecule has 0 saturated heterocycles. The van der Waals surface area contributed by atoms with Gasteiger partial charge in [-0.2, -0.15) is 0 Å². The molecule has 3 nitrogen and oxygen atoms in total. The topological polar surface area (TPSA) is 49.3 Å². The van der Waals surface area contributed by atoms with E-state index in [9.17, 15) is 14.3 Å². The minimum Gasteiger partial charge on any atom is -0.388 e. The Morgan fingerprint density at radius 3 is 2.82 bits per heavy atom. The number of hydrogen-bond acceptors (Lipinski definition) is 2. The second kappa shape index (κ2) is 6.78. The summed E-state index contributed by atoms with van der Waals surface area (Å²) in [4.78, 5) is 12.1. The van der Waals surface area contributed by atoms with E-state index in [1.807, 2.05) is 0 Å². The van der Waals surface area contributed by atoms with Gasteiger partial charge < -0.3 is 10.4 Å². The number of halogens is 1. The van der Waals surface area contributed by atoms with Gasteiger partial charge in [-0.3, -0.25) is 4.79 Å². The zero-order valence-corrected chi connectivity index (χ0v) is 12.8. The zero-order valence-electron chi connectivity index (χ0n) is 12.8. The quantitative estimate of drug-likeness (QED) is 0.876. The van der Waals surface area contributed by atoms with Crippen LogP contribution in [0.4, 0.5) is 4.39 Å². The molecule has 2 N–H and O–H groups in total. The Kier molecular flexibility index (Phi) is 4.77. The molecular weight excluding hydrogens is 281 g/mol. The van der Waals surface area contributed by atoms with Crippen LogP contribution in [0.3, 0.4) is 0 Å². The van der Waals surface area contributed by atoms with Gasteiger partial charge in [0.05, 0.1) is 12.5 Å². The molecule has 1 amide bonds. The number of hydrogen-bond donors (Lipinski definition) is 2. The lowest BCUT2D eigenvalue weighted by atomic mass is 9.82. The summed E-state index contributed by atoms with van der Waals surface area (Å²) in [5, 5.41) is 13.1. The van der Waals surface area contributed by atoms with Crippen molar-refractivity contribution < 1.29 is 14.3 Å². The standard InChI is InChI=1S/C18H24FNO2/c19-15-5-1-4-14(9-15)17(21)11-18(22)20-16-6-2-3-13(10-16)12-7-8-12/h1,4-5,9,12-13,16-17,21H,2-3,6-8,10-11H2,(H,20,22). The van der Waals surface area contributed by atoms with Gasteiger partial charge >= 0.3 is 0 Å². The van der Waals surface area contributed by atoms with Gasteiger partial charge in [-0.1, -0.05) is 25.0 Å². The highest BCUT2D eigenvalue weighted by atomic mass is 19.1. The van der Waals surface area contributed by atoms with Crippen molar-refractivity contribution in [1.82, 2.24) is 5.32 Å². The van der Waals surface area contributed by atoms with Crippen LogP contribution in [0.1, 0.15) is 56.6 Å². The fourth-order valence-corrected chi connectivity index (χ4v) is 3.65. The molecule has 0 spiro atoms. The summed E-state index contributed by atoms with van der Waals surface area (Å²) in [7, 11) is 0. The molecule has 2 aliphatic rings. The number of nitrogens with one attached hydrogen (secondary N) is 1. The van der Waals surface area contributed by atoms with Gasteiger partial charge in [-0.25, -0.2) is 4.39 Å². The molecule has 2 saturated carbocycles. The van der Waals surface area contributed by atoms with Crippen LogP contribution in [-0.4, -0.2) is 17.1 Å². The van der Waals surface area contributed by atoms with Crippen molar-refractivity contribution in [1.29, 1.82) is 0 Å². The highest BCUT2D eigenvalue weighted by Gasteiger charge is 2.35. The van der Waals surface area contributed by atoms with Crippen LogP contribution in [0.15, 0.2) is 24.3 Å². The summed E-state index contributed by atoms with van der Waals surface area (Å²) < 4.78 is 13.2. The largest absolute Gasteiger partial charge is 0.388 e. The highest BCUT2D eigenvalue weighted by molar-refractivity contribution is 5.77. The Morgan fingerprint density at radius 1 is 1.27 bits per heavy atom. The number of benzene rings is 1. The molecule has 0 radical (unpaired) electrons. The van der Waals surface area contributed by atoms with Crippen LogP contribution in [-0.2, 0) is 4.79 Å². The first-order chi connectivity index (χ1) is 10.6. The smallest absolute Gasteiger partial charge is 0.223 e. The molecule has 0 aliphatic heterocycles. The minimum atomic E-state index is -0.946. The van der Waals surface area contributed by atoms with Crippen LogP contribution in [0.5, 0.6) is 0 Å². The summed E-state index contributed by atoms with van der Waals surface area (Å²) >= 11 is 0. The van der Waals surface area contributed by atoms with E-state index in [1.54, 1.807) is 12.1 Å². The molecule has 22 heavy (non-hydrogen) atoms. The Morgan fingerprint density at radius 2 is 2.09 bits per heavy atom. The second-order valence-electron chi connectivity index (χ2n) is 6.80. The summed E-state index contributed by atoms with van der Waals surface area (Å²) in [5.74, 6) is 1.12. The lowest BCUT2D eigenvalue weighted by molar-refractivity contribution is -0.124. The zero-order chi connectivity index (χ0) is 15.5. The summed E-state index contributed by atoms with van der Waals surface area (Å²) in [6, 6.07) is 6.04. The lowest BCUT2D eigenvalue weighted by Gasteiger charge is -2.30. The van der Waals surface area contributed by atoms with Gasteiger partial charge in [-0.15, -0.1) is 0 Å². The molecule has 3 atom stereocenters. The van der Waals surface area contributed by atoms with Gasteiger partial charge in [0.1, 0.15) is 5.82 Å². The van der Waals surface area contributed by atoms with E-state index in [0.29, 0.717) is 5.56 Å². The number of aliphatic hydroxyl groups is 1. The fourth-order valence-electron chi connectivity index (χ4n) is 3.65. The van der Waals surface area contributed by atoms with Gasteiger partial charge in [0, 0.05) is 6.04 Å². The summed E-state index contributed by atoms with van der Waals surface area (Å²) in [6.07, 6.45) is 6.33. The van der Waals surface area contributed by atoms with Gasteiger partial charge in [0.15, 0.2) is 0 Å². The monoisotopic (exact) mass is 305 g/mol. The maximum Gasteiger partial charge on any atom is 0.223 e. The molecule has 0 bridgehead atoms. The van der Waals surface area contributed by atoms with E-state index in [4.69, 9.17) is 0 Å². The van der Waals surface area contributed by atoms with Crippen LogP contribution in [0.25, 0.3) is 0 Å². The molecule has 0 aromatic heterocycles. The Hall–Kier alpha value is -1.42. The predicted molar refractivity (Wildman–Crippen MR) is 82.6 cm³/mol. The van der Waals surface area contributed by atoms with Gasteiger partial charge in [-0.05, 0) is 55.2 Å². The molecule has 120 valence electrons. The molecule has 3 unspecified atom stereocenters. The molecule has 4 heteroatoms. The van der Waals surface area contributed by atoms with Crippen LogP contribution in [0, 0.1) is 17.7 Å². The molecular formula is C18H24FNO2. The molecule has 2 fully saturated rings. The number of carbonyl (C=O) groups excluding carboxylic acids is 1. The number of rotatable bonds is 5. The third-order valence-electron chi connectivity index (χ3n) is 4.98. The maximum atomic E-state index is 13.2. The second-order valence-corrected chi connectivity index (χ2v) is 6.80. The van der Waals surface area contributed by atoms with E-state index in [2.05, 4.69) is 5.32 Å². The molecule has 2 aliphatic carbocycles. The maximum absolute atomic E-state index is 13.2. The Bertz CT molecular complexity index is 530. The first-order valence-electron chi connectivity index (χ1n) is 8.34. The lowest BCUT2D eigenvalue weighted by Crippen LogP contribution is -2.39. The van der Waals surface area contributed by atoms with Crippen molar-refractivity contribution in [2.24, 2.45) is 11.8 Å². The summed E-state index contributed by atoms with van der Waals surface area (Å²) in [5.41, 5.74) is 0.453. The average Bonchev–Trinajstić information content (AvgIpc) is 3.32. The van der Waals surface area contributed by atoms with Crippen molar-refractivity contribution in [2.45, 2.75) is 57.1 Å². The van der Waals surface area contributed by atoms with Crippen molar-refractivity contribution in [3.05, 3.63) is 35.6 Å². The van der Waals surface area contributed by atoms with Gasteiger partial charge in [0.2, 0.25) is 5.91 Å². The van der Waals surface area contributed by atoms with Crippen molar-refractivity contribution in [3.8, 4) is 0 Å². The van der Waals surface area contributed by atoms with Crippen molar-refractivity contribution in [2.75, 3.05) is 0 Å². The third-order valence-corrected chi connectivity index (χ3v) is 4.98. The minimum absolute atomic E-state index is 0.00590. The molecule has 1 aromatic carbocycles. The van der Waals surface area contributed by atoms with Crippen LogP contribution >= 0.6 is 0 Å². The molecule has 0 heterocycles. The van der Waals surface area contributed by atoms with Crippen molar-refractivity contribution >= 4 is 5.91 Å². The first kappa shape index (κ1) is 15.5. The Balaban J connectivity index is 1.49. The van der Waals surface area contributed by atoms with E-state index < -0.39 is 11.9 Å². The predicted octanol–water partition coefficient (Wildman–Crippen LogP) is 3.33. The normalized spacial score (nSPS) is 26.5. The number of amides is 1. The van der Waals surface area contributed by atoms with E-state index in [1.165, 1.54) is 37.8 Å². The first-order valence-corrected chi connectivity index (χ1v) is 8.34. The van der Waals surface area contributed by atoms with E-state index in [-0.39, 0.29) is 18.4 Å². The molecule has 1 aromatic rings. The number of carbonyl (C=O) groups is 1. The Labute approximate surface area is 130 Å². The fraction of sp³-hybridized carbons (Fsp3) is 0.611. The van der Waals surface area contributed by atoms with Crippen molar-refractivity contribution in [3.63, 3.8) is 0 Å². The molecule has 3 rings (SSSR count). The van der Waals surface area contributed by atoms with E-state index >= 15 is 0 Å². The SMILES string of the molecule is O=C(CC(O)c1cccc(F)c1)NC1CCCC(C2CC2)C1. The van der Waals surface area contributed by atoms with Gasteiger partial charge in [0.25, 0.3) is 0 Å². The number of aliphatic hydroxyl groups excluding tert-OH is 1. The third kappa shape index (κ3) is 4.07. The van der Waals surface area contributed by atoms with E-state index in [0.717, 1.165) is 24.7 Å². The summed E-state index contributed by atoms with van der Waals surface area (Å²) in [6.45, 7) is 0. The van der Waals surface area contributed by atoms with Crippen LogP contribution < -0.4 is 5.32 Å².